The van der Waals surface area contributed by atoms with Crippen LogP contribution in [0.25, 0.3) is 0 Å². The lowest BCUT2D eigenvalue weighted by Crippen LogP contribution is -2.28. The van der Waals surface area contributed by atoms with Crippen molar-refractivity contribution in [2.75, 3.05) is 0 Å². The predicted octanol–water partition coefficient (Wildman–Crippen LogP) is 1.63. The topological polar surface area (TPSA) is 64.0 Å². The van der Waals surface area contributed by atoms with Crippen LogP contribution >= 0.6 is 0 Å². The Morgan fingerprint density at radius 3 is 2.60 bits per heavy atom. The molecule has 0 unspecified atom stereocenters. The number of hydrogen-bond donors (Lipinski definition) is 1. The number of aldehydes is 1. The summed E-state index contributed by atoms with van der Waals surface area (Å²) in [4.78, 5) is 22.8. The lowest BCUT2D eigenvalue weighted by atomic mass is 10.2. The molecule has 104 valence electrons. The van der Waals surface area contributed by atoms with Gasteiger partial charge in [0.15, 0.2) is 6.29 Å². The summed E-state index contributed by atoms with van der Waals surface area (Å²) in [5.41, 5.74) is 2.96. The van der Waals surface area contributed by atoms with Gasteiger partial charge in [0.2, 0.25) is 5.91 Å². The molecule has 5 heteroatoms. The van der Waals surface area contributed by atoms with E-state index in [0.29, 0.717) is 23.5 Å². The van der Waals surface area contributed by atoms with Gasteiger partial charge in [0.1, 0.15) is 6.54 Å². The molecule has 5 nitrogen and oxygen atoms in total. The van der Waals surface area contributed by atoms with Gasteiger partial charge in [-0.1, -0.05) is 30.3 Å². The third-order valence-corrected chi connectivity index (χ3v) is 3.18. The Balaban J connectivity index is 1.97. The lowest BCUT2D eigenvalue weighted by molar-refractivity contribution is -0.122. The van der Waals surface area contributed by atoms with Gasteiger partial charge in [0, 0.05) is 12.2 Å². The normalized spacial score (nSPS) is 10.3. The number of hydrogen-bond acceptors (Lipinski definition) is 3. The Hall–Kier alpha value is -2.43. The van der Waals surface area contributed by atoms with Crippen molar-refractivity contribution >= 4 is 12.2 Å². The van der Waals surface area contributed by atoms with Crippen molar-refractivity contribution in [2.24, 2.45) is 0 Å². The zero-order valence-corrected chi connectivity index (χ0v) is 11.6. The van der Waals surface area contributed by atoms with Crippen molar-refractivity contribution in [3.05, 3.63) is 52.8 Å². The van der Waals surface area contributed by atoms with Gasteiger partial charge in [0.25, 0.3) is 0 Å². The fourth-order valence-electron chi connectivity index (χ4n) is 2.02. The number of nitrogens with zero attached hydrogens (tertiary/aromatic N) is 2. The van der Waals surface area contributed by atoms with Crippen molar-refractivity contribution in [1.29, 1.82) is 0 Å². The number of benzene rings is 1. The van der Waals surface area contributed by atoms with Crippen molar-refractivity contribution < 1.29 is 9.59 Å². The van der Waals surface area contributed by atoms with Gasteiger partial charge in [-0.05, 0) is 19.4 Å². The zero-order valence-electron chi connectivity index (χ0n) is 11.6. The Bertz CT molecular complexity index is 618. The van der Waals surface area contributed by atoms with E-state index in [2.05, 4.69) is 10.4 Å². The minimum Gasteiger partial charge on any atom is -0.350 e. The minimum atomic E-state index is -0.128. The number of carbonyl (C=O) groups is 2. The van der Waals surface area contributed by atoms with Gasteiger partial charge >= 0.3 is 0 Å². The SMILES string of the molecule is Cc1nn(CC(=O)NCc2ccccc2)c(C)c1C=O. The first-order chi connectivity index (χ1) is 9.61. The average molecular weight is 271 g/mol. The summed E-state index contributed by atoms with van der Waals surface area (Å²) < 4.78 is 1.55. The van der Waals surface area contributed by atoms with Crippen molar-refractivity contribution in [2.45, 2.75) is 26.9 Å². The summed E-state index contributed by atoms with van der Waals surface area (Å²) in [7, 11) is 0. The molecule has 0 saturated heterocycles. The van der Waals surface area contributed by atoms with Crippen LogP contribution in [0, 0.1) is 13.8 Å². The highest BCUT2D eigenvalue weighted by molar-refractivity contribution is 5.79. The second-order valence-electron chi connectivity index (χ2n) is 4.62. The molecule has 0 aliphatic heterocycles. The smallest absolute Gasteiger partial charge is 0.242 e. The molecular weight excluding hydrogens is 254 g/mol. The average Bonchev–Trinajstić information content (AvgIpc) is 2.72. The number of aromatic nitrogens is 2. The van der Waals surface area contributed by atoms with E-state index in [1.54, 1.807) is 18.5 Å². The molecule has 0 spiro atoms. The van der Waals surface area contributed by atoms with E-state index in [1.165, 1.54) is 0 Å². The summed E-state index contributed by atoms with van der Waals surface area (Å²) in [6.07, 6.45) is 0.774. The summed E-state index contributed by atoms with van der Waals surface area (Å²) >= 11 is 0. The van der Waals surface area contributed by atoms with Gasteiger partial charge in [-0.3, -0.25) is 14.3 Å². The monoisotopic (exact) mass is 271 g/mol. The predicted molar refractivity (Wildman–Crippen MR) is 75.4 cm³/mol. The Morgan fingerprint density at radius 1 is 1.30 bits per heavy atom. The number of carbonyl (C=O) groups excluding carboxylic acids is 2. The second kappa shape index (κ2) is 6.14. The van der Waals surface area contributed by atoms with E-state index < -0.39 is 0 Å². The molecule has 1 aromatic carbocycles. The van der Waals surface area contributed by atoms with Crippen LogP contribution in [0.4, 0.5) is 0 Å². The first-order valence-corrected chi connectivity index (χ1v) is 6.41. The van der Waals surface area contributed by atoms with Crippen LogP contribution in [0.2, 0.25) is 0 Å². The van der Waals surface area contributed by atoms with Crippen LogP contribution < -0.4 is 5.32 Å². The molecular formula is C15H17N3O2. The Morgan fingerprint density at radius 2 is 2.00 bits per heavy atom. The highest BCUT2D eigenvalue weighted by atomic mass is 16.2. The molecule has 2 aromatic rings. The first-order valence-electron chi connectivity index (χ1n) is 6.41. The van der Waals surface area contributed by atoms with Gasteiger partial charge < -0.3 is 5.32 Å². The third-order valence-electron chi connectivity index (χ3n) is 3.18. The maximum absolute atomic E-state index is 11.9. The van der Waals surface area contributed by atoms with Gasteiger partial charge in [-0.2, -0.15) is 5.10 Å². The van der Waals surface area contributed by atoms with Crippen molar-refractivity contribution in [3.8, 4) is 0 Å². The van der Waals surface area contributed by atoms with Crippen LogP contribution in [0.5, 0.6) is 0 Å². The van der Waals surface area contributed by atoms with Crippen LogP contribution in [0.3, 0.4) is 0 Å². The quantitative estimate of drug-likeness (QED) is 0.841. The van der Waals surface area contributed by atoms with Crippen molar-refractivity contribution in [1.82, 2.24) is 15.1 Å². The van der Waals surface area contributed by atoms with Crippen LogP contribution in [0.15, 0.2) is 30.3 Å². The van der Waals surface area contributed by atoms with E-state index >= 15 is 0 Å². The molecule has 0 atom stereocenters. The molecule has 0 aliphatic carbocycles. The van der Waals surface area contributed by atoms with Crippen LogP contribution in [-0.2, 0) is 17.9 Å². The number of amides is 1. The van der Waals surface area contributed by atoms with Crippen LogP contribution in [-0.4, -0.2) is 22.0 Å². The Kier molecular flexibility index (Phi) is 4.30. The Labute approximate surface area is 117 Å². The molecule has 0 radical (unpaired) electrons. The van der Waals surface area contributed by atoms with Gasteiger partial charge in [-0.25, -0.2) is 0 Å². The van der Waals surface area contributed by atoms with Crippen molar-refractivity contribution in [3.63, 3.8) is 0 Å². The first kappa shape index (κ1) is 14.0. The van der Waals surface area contributed by atoms with Gasteiger partial charge in [0.05, 0.1) is 11.3 Å². The molecule has 0 bridgehead atoms. The van der Waals surface area contributed by atoms with E-state index in [4.69, 9.17) is 0 Å². The fraction of sp³-hybridized carbons (Fsp3) is 0.267. The molecule has 0 saturated carbocycles. The molecule has 0 aliphatic rings. The summed E-state index contributed by atoms with van der Waals surface area (Å²) in [5.74, 6) is -0.128. The van der Waals surface area contributed by atoms with Gasteiger partial charge in [-0.15, -0.1) is 0 Å². The minimum absolute atomic E-state index is 0.118. The molecule has 20 heavy (non-hydrogen) atoms. The number of aryl methyl sites for hydroxylation is 1. The maximum Gasteiger partial charge on any atom is 0.242 e. The number of nitrogens with one attached hydrogen (secondary N) is 1. The standard InChI is InChI=1S/C15H17N3O2/c1-11-14(10-19)12(2)18(17-11)9-15(20)16-8-13-6-4-3-5-7-13/h3-7,10H,8-9H2,1-2H3,(H,16,20). The van der Waals surface area contributed by atoms with E-state index in [9.17, 15) is 9.59 Å². The molecule has 0 fully saturated rings. The summed E-state index contributed by atoms with van der Waals surface area (Å²) in [5, 5.41) is 7.03. The fourth-order valence-corrected chi connectivity index (χ4v) is 2.02. The molecule has 2 rings (SSSR count). The highest BCUT2D eigenvalue weighted by Crippen LogP contribution is 2.09. The van der Waals surface area contributed by atoms with E-state index in [1.807, 2.05) is 30.3 Å². The molecule has 1 aromatic heterocycles. The molecule has 1 amide bonds. The highest BCUT2D eigenvalue weighted by Gasteiger charge is 2.12. The van der Waals surface area contributed by atoms with E-state index in [0.717, 1.165) is 11.8 Å². The van der Waals surface area contributed by atoms with E-state index in [-0.39, 0.29) is 12.5 Å². The summed E-state index contributed by atoms with van der Waals surface area (Å²) in [6.45, 7) is 4.15. The number of rotatable bonds is 5. The molecule has 1 N–H and O–H groups in total. The second-order valence-corrected chi connectivity index (χ2v) is 4.62. The zero-order chi connectivity index (χ0) is 14.5. The van der Waals surface area contributed by atoms with Crippen LogP contribution in [0.1, 0.15) is 27.3 Å². The lowest BCUT2D eigenvalue weighted by Gasteiger charge is -2.07. The maximum atomic E-state index is 11.9. The largest absolute Gasteiger partial charge is 0.350 e. The third kappa shape index (κ3) is 3.12. The summed E-state index contributed by atoms with van der Waals surface area (Å²) in [6, 6.07) is 9.70. The molecule has 1 heterocycles.